The van der Waals surface area contributed by atoms with Crippen molar-refractivity contribution in [1.29, 1.82) is 0 Å². The van der Waals surface area contributed by atoms with Crippen LogP contribution >= 0.6 is 0 Å². The molecule has 0 radical (unpaired) electrons. The Kier molecular flexibility index (Phi) is 12.3. The monoisotopic (exact) mass is 212 g/mol. The van der Waals surface area contributed by atoms with Gasteiger partial charge in [0.1, 0.15) is 0 Å². The molecule has 0 aliphatic carbocycles. The Hall–Kier alpha value is -0.920. The van der Waals surface area contributed by atoms with Gasteiger partial charge in [0.25, 0.3) is 0 Å². The van der Waals surface area contributed by atoms with E-state index in [4.69, 9.17) is 5.73 Å². The number of allylic oxidation sites excluding steroid dienone is 3. The van der Waals surface area contributed by atoms with Gasteiger partial charge >= 0.3 is 0 Å². The van der Waals surface area contributed by atoms with Gasteiger partial charge in [-0.2, -0.15) is 0 Å². The number of nitrogens with two attached hydrogens (primary N) is 1. The Balaban J connectivity index is 0. The van der Waals surface area contributed by atoms with Crippen molar-refractivity contribution >= 4 is 0 Å². The smallest absolute Gasteiger partial charge is 0.0986 e. The van der Waals surface area contributed by atoms with E-state index < -0.39 is 0 Å². The molecule has 1 heterocycles. The van der Waals surface area contributed by atoms with Gasteiger partial charge in [-0.05, 0) is 26.3 Å². The predicted molar refractivity (Wildman–Crippen MR) is 70.6 cm³/mol. The fourth-order valence-corrected chi connectivity index (χ4v) is 0.932. The number of nitrogens with zero attached hydrogens (tertiary/aromatic N) is 1. The summed E-state index contributed by atoms with van der Waals surface area (Å²) in [7, 11) is 0. The van der Waals surface area contributed by atoms with E-state index in [0.29, 0.717) is 0 Å². The Labute approximate surface area is 95.8 Å². The Morgan fingerprint density at radius 3 is 1.73 bits per heavy atom. The summed E-state index contributed by atoms with van der Waals surface area (Å²) < 4.78 is 0. The van der Waals surface area contributed by atoms with Crippen LogP contribution in [-0.4, -0.2) is 18.0 Å². The molecule has 0 bridgehead atoms. The molecule has 0 unspecified atom stereocenters. The van der Waals surface area contributed by atoms with Crippen LogP contribution in [0.25, 0.3) is 0 Å². The van der Waals surface area contributed by atoms with Gasteiger partial charge in [0.15, 0.2) is 0 Å². The van der Waals surface area contributed by atoms with Crippen molar-refractivity contribution in [2.24, 2.45) is 5.73 Å². The third-order valence-corrected chi connectivity index (χ3v) is 1.81. The van der Waals surface area contributed by atoms with Gasteiger partial charge < -0.3 is 10.6 Å². The van der Waals surface area contributed by atoms with Crippen molar-refractivity contribution in [3.05, 3.63) is 23.5 Å². The van der Waals surface area contributed by atoms with Gasteiger partial charge in [0.05, 0.1) is 5.82 Å². The van der Waals surface area contributed by atoms with Crippen LogP contribution in [0.3, 0.4) is 0 Å². The standard InChI is InChI=1S/C9H16N2.2C2H6/c1-8(2)4-5-9(10)11-6-3-7-11;2*1-2/h4-5H,3,6-7,10H2,1-2H3;2*1-2H3/b9-5+;;. The van der Waals surface area contributed by atoms with Gasteiger partial charge in [0, 0.05) is 13.1 Å². The van der Waals surface area contributed by atoms with Crippen molar-refractivity contribution in [3.63, 3.8) is 0 Å². The third kappa shape index (κ3) is 8.10. The summed E-state index contributed by atoms with van der Waals surface area (Å²) in [6, 6.07) is 0. The summed E-state index contributed by atoms with van der Waals surface area (Å²) in [6.07, 6.45) is 5.31. The zero-order valence-corrected chi connectivity index (χ0v) is 11.3. The summed E-state index contributed by atoms with van der Waals surface area (Å²) >= 11 is 0. The maximum atomic E-state index is 5.77. The lowest BCUT2D eigenvalue weighted by Gasteiger charge is -2.32. The molecule has 0 saturated carbocycles. The predicted octanol–water partition coefficient (Wildman–Crippen LogP) is 3.51. The fraction of sp³-hybridized carbons (Fsp3) is 0.692. The molecule has 0 atom stereocenters. The highest BCUT2D eigenvalue weighted by Crippen LogP contribution is 2.10. The molecule has 0 aromatic carbocycles. The Morgan fingerprint density at radius 2 is 1.47 bits per heavy atom. The summed E-state index contributed by atoms with van der Waals surface area (Å²) in [4.78, 5) is 2.18. The lowest BCUT2D eigenvalue weighted by Crippen LogP contribution is -2.39. The van der Waals surface area contributed by atoms with Gasteiger partial charge in [-0.3, -0.25) is 0 Å². The molecule has 1 saturated heterocycles. The van der Waals surface area contributed by atoms with Crippen molar-refractivity contribution in [2.45, 2.75) is 48.0 Å². The van der Waals surface area contributed by atoms with E-state index in [9.17, 15) is 0 Å². The second-order valence-corrected chi connectivity index (χ2v) is 3.18. The Morgan fingerprint density at radius 1 is 1.00 bits per heavy atom. The molecule has 2 N–H and O–H groups in total. The zero-order chi connectivity index (χ0) is 12.3. The quantitative estimate of drug-likeness (QED) is 0.710. The van der Waals surface area contributed by atoms with E-state index in [1.54, 1.807) is 0 Å². The first-order chi connectivity index (χ1) is 7.20. The van der Waals surface area contributed by atoms with Gasteiger partial charge in [-0.25, -0.2) is 0 Å². The maximum Gasteiger partial charge on any atom is 0.0986 e. The van der Waals surface area contributed by atoms with E-state index in [2.05, 4.69) is 18.7 Å². The van der Waals surface area contributed by atoms with E-state index in [1.807, 2.05) is 39.8 Å². The molecular weight excluding hydrogens is 184 g/mol. The third-order valence-electron chi connectivity index (χ3n) is 1.81. The van der Waals surface area contributed by atoms with Crippen molar-refractivity contribution < 1.29 is 0 Å². The minimum atomic E-state index is 0.900. The fourth-order valence-electron chi connectivity index (χ4n) is 0.932. The number of hydrogen-bond acceptors (Lipinski definition) is 2. The minimum absolute atomic E-state index is 0.900. The van der Waals surface area contributed by atoms with E-state index in [-0.39, 0.29) is 0 Å². The molecule has 2 nitrogen and oxygen atoms in total. The largest absolute Gasteiger partial charge is 0.385 e. The second-order valence-electron chi connectivity index (χ2n) is 3.18. The zero-order valence-electron chi connectivity index (χ0n) is 11.3. The highest BCUT2D eigenvalue weighted by atomic mass is 15.2. The normalized spacial score (nSPS) is 13.7. The lowest BCUT2D eigenvalue weighted by molar-refractivity contribution is 0.236. The summed E-state index contributed by atoms with van der Waals surface area (Å²) in [5.74, 6) is 0.900. The molecule has 1 fully saturated rings. The van der Waals surface area contributed by atoms with E-state index in [0.717, 1.165) is 18.9 Å². The molecule has 90 valence electrons. The first-order valence-corrected chi connectivity index (χ1v) is 6.06. The molecule has 1 aliphatic rings. The highest BCUT2D eigenvalue weighted by Gasteiger charge is 2.13. The highest BCUT2D eigenvalue weighted by molar-refractivity contribution is 5.13. The lowest BCUT2D eigenvalue weighted by atomic mass is 10.2. The molecule has 0 aromatic rings. The summed E-state index contributed by atoms with van der Waals surface area (Å²) in [6.45, 7) is 14.4. The molecular formula is C13H28N2. The van der Waals surface area contributed by atoms with Crippen LogP contribution in [0.1, 0.15) is 48.0 Å². The van der Waals surface area contributed by atoms with Crippen LogP contribution in [0, 0.1) is 0 Å². The topological polar surface area (TPSA) is 29.3 Å². The second kappa shape index (κ2) is 11.2. The van der Waals surface area contributed by atoms with Crippen LogP contribution in [0.2, 0.25) is 0 Å². The average Bonchev–Trinajstić information content (AvgIpc) is 2.18. The molecule has 0 amide bonds. The molecule has 1 aliphatic heterocycles. The molecule has 1 rings (SSSR count). The van der Waals surface area contributed by atoms with E-state index >= 15 is 0 Å². The van der Waals surface area contributed by atoms with Crippen LogP contribution in [-0.2, 0) is 0 Å². The molecule has 0 aromatic heterocycles. The average molecular weight is 212 g/mol. The van der Waals surface area contributed by atoms with Gasteiger partial charge in [-0.15, -0.1) is 0 Å². The minimum Gasteiger partial charge on any atom is -0.385 e. The first kappa shape index (κ1) is 16.5. The number of rotatable bonds is 2. The molecule has 15 heavy (non-hydrogen) atoms. The van der Waals surface area contributed by atoms with Gasteiger partial charge in [-0.1, -0.05) is 39.3 Å². The van der Waals surface area contributed by atoms with Crippen molar-refractivity contribution in [3.8, 4) is 0 Å². The summed E-state index contributed by atoms with van der Waals surface area (Å²) in [5, 5.41) is 0. The number of likely N-dealkylation sites (tertiary alicyclic amines) is 1. The maximum absolute atomic E-state index is 5.77. The van der Waals surface area contributed by atoms with Crippen LogP contribution < -0.4 is 5.73 Å². The van der Waals surface area contributed by atoms with Crippen molar-refractivity contribution in [1.82, 2.24) is 4.90 Å². The molecule has 2 heteroatoms. The molecule has 0 spiro atoms. The van der Waals surface area contributed by atoms with Crippen LogP contribution in [0.4, 0.5) is 0 Å². The Bertz CT molecular complexity index is 185. The SMILES string of the molecule is CC.CC.CC(C)=C/C=C(\N)N1CCC1. The first-order valence-electron chi connectivity index (χ1n) is 6.06. The van der Waals surface area contributed by atoms with Crippen LogP contribution in [0.15, 0.2) is 23.5 Å². The number of hydrogen-bond donors (Lipinski definition) is 1. The van der Waals surface area contributed by atoms with E-state index in [1.165, 1.54) is 12.0 Å². The summed E-state index contributed by atoms with van der Waals surface area (Å²) in [5.41, 5.74) is 7.06. The van der Waals surface area contributed by atoms with Crippen LogP contribution in [0.5, 0.6) is 0 Å². The van der Waals surface area contributed by atoms with Crippen molar-refractivity contribution in [2.75, 3.05) is 13.1 Å². The van der Waals surface area contributed by atoms with Gasteiger partial charge in [0.2, 0.25) is 0 Å².